The lowest BCUT2D eigenvalue weighted by Crippen LogP contribution is -2.52. The number of amides is 4. The molecule has 1 fully saturated rings. The molecule has 0 radical (unpaired) electrons. The summed E-state index contributed by atoms with van der Waals surface area (Å²) in [5.41, 5.74) is -0.117. The van der Waals surface area contributed by atoms with E-state index < -0.39 is 55.0 Å². The number of carbonyl (C=O) groups excluding carboxylic acids is 4. The van der Waals surface area contributed by atoms with Crippen LogP contribution in [0.15, 0.2) is 30.3 Å². The maximum absolute atomic E-state index is 13.0. The van der Waals surface area contributed by atoms with Crippen LogP contribution in [0.2, 0.25) is 4.34 Å². The highest BCUT2D eigenvalue weighted by Crippen LogP contribution is 2.32. The van der Waals surface area contributed by atoms with Crippen molar-refractivity contribution in [1.82, 2.24) is 10.6 Å². The van der Waals surface area contributed by atoms with Crippen molar-refractivity contribution >= 4 is 57.9 Å². The van der Waals surface area contributed by atoms with Crippen LogP contribution in [0.5, 0.6) is 5.75 Å². The standard InChI is InChI=1S/C21H19ClF4N4O6S/c22-15-4-3-14(37-15)19(33)27-8-12(29-20(34)17(23)24)18(32)28-11-2-1-10(7-13(11)36-21(25)26)30-5-6-35-9-16(30)31/h1-4,7,12,17,21H,5-6,8-9H2,(H,27,33)(H,28,32)(H,29,34)/t12-/m1/s1. The first-order valence-corrected chi connectivity index (χ1v) is 11.6. The summed E-state index contributed by atoms with van der Waals surface area (Å²) in [6, 6.07) is 4.70. The topological polar surface area (TPSA) is 126 Å². The van der Waals surface area contributed by atoms with Crippen molar-refractivity contribution in [3.8, 4) is 5.75 Å². The number of rotatable bonds is 10. The fourth-order valence-electron chi connectivity index (χ4n) is 3.15. The lowest BCUT2D eigenvalue weighted by atomic mass is 10.2. The molecule has 3 rings (SSSR count). The summed E-state index contributed by atoms with van der Waals surface area (Å²) in [5.74, 6) is -4.56. The van der Waals surface area contributed by atoms with Gasteiger partial charge in [-0.1, -0.05) is 11.6 Å². The first-order chi connectivity index (χ1) is 17.5. The Morgan fingerprint density at radius 2 is 1.89 bits per heavy atom. The average molecular weight is 567 g/mol. The predicted molar refractivity (Wildman–Crippen MR) is 124 cm³/mol. The van der Waals surface area contributed by atoms with E-state index in [1.54, 1.807) is 5.32 Å². The van der Waals surface area contributed by atoms with Gasteiger partial charge in [-0.15, -0.1) is 11.3 Å². The van der Waals surface area contributed by atoms with Gasteiger partial charge in [0.25, 0.3) is 17.7 Å². The summed E-state index contributed by atoms with van der Waals surface area (Å²) in [4.78, 5) is 50.1. The van der Waals surface area contributed by atoms with Gasteiger partial charge in [0.05, 0.1) is 21.5 Å². The molecule has 4 amide bonds. The van der Waals surface area contributed by atoms with E-state index in [-0.39, 0.29) is 36.0 Å². The molecule has 1 saturated heterocycles. The maximum atomic E-state index is 13.0. The van der Waals surface area contributed by atoms with Gasteiger partial charge < -0.3 is 30.3 Å². The van der Waals surface area contributed by atoms with Crippen LogP contribution in [0.1, 0.15) is 9.67 Å². The van der Waals surface area contributed by atoms with Gasteiger partial charge in [-0.2, -0.15) is 17.6 Å². The number of ether oxygens (including phenoxy) is 2. The lowest BCUT2D eigenvalue weighted by molar-refractivity contribution is -0.134. The SMILES string of the molecule is O=C(NC[C@@H](NC(=O)C(F)F)C(=O)Nc1ccc(N2CCOCC2=O)cc1OC(F)F)c1ccc(Cl)s1. The molecule has 1 atom stereocenters. The zero-order valence-corrected chi connectivity index (χ0v) is 20.2. The number of carbonyl (C=O) groups is 4. The van der Waals surface area contributed by atoms with Crippen LogP contribution in [-0.4, -0.2) is 69.0 Å². The van der Waals surface area contributed by atoms with Crippen molar-refractivity contribution in [2.75, 3.05) is 36.5 Å². The molecule has 16 heteroatoms. The summed E-state index contributed by atoms with van der Waals surface area (Å²) < 4.78 is 61.5. The van der Waals surface area contributed by atoms with Gasteiger partial charge in [0.2, 0.25) is 5.91 Å². The average Bonchev–Trinajstić information content (AvgIpc) is 3.28. The van der Waals surface area contributed by atoms with Gasteiger partial charge in [-0.3, -0.25) is 19.2 Å². The van der Waals surface area contributed by atoms with Gasteiger partial charge in [0.15, 0.2) is 5.75 Å². The number of alkyl halides is 4. The minimum absolute atomic E-state index is 0.148. The van der Waals surface area contributed by atoms with E-state index in [2.05, 4.69) is 15.4 Å². The Bertz CT molecular complexity index is 1170. The number of benzene rings is 1. The van der Waals surface area contributed by atoms with Crippen molar-refractivity contribution < 1.29 is 46.2 Å². The van der Waals surface area contributed by atoms with Crippen LogP contribution in [0, 0.1) is 0 Å². The fraction of sp³-hybridized carbons (Fsp3) is 0.333. The highest BCUT2D eigenvalue weighted by molar-refractivity contribution is 7.18. The summed E-state index contributed by atoms with van der Waals surface area (Å²) in [5, 5.41) is 6.31. The highest BCUT2D eigenvalue weighted by atomic mass is 35.5. The van der Waals surface area contributed by atoms with Gasteiger partial charge in [-0.25, -0.2) is 0 Å². The molecule has 2 heterocycles. The van der Waals surface area contributed by atoms with Crippen molar-refractivity contribution in [3.05, 3.63) is 39.5 Å². The minimum atomic E-state index is -3.47. The molecule has 0 saturated carbocycles. The number of hydrogen-bond acceptors (Lipinski definition) is 7. The van der Waals surface area contributed by atoms with Crippen LogP contribution in [-0.2, 0) is 19.1 Å². The largest absolute Gasteiger partial charge is 0.433 e. The maximum Gasteiger partial charge on any atom is 0.387 e. The molecule has 1 aromatic carbocycles. The van der Waals surface area contributed by atoms with E-state index in [1.165, 1.54) is 23.1 Å². The van der Waals surface area contributed by atoms with E-state index >= 15 is 0 Å². The summed E-state index contributed by atoms with van der Waals surface area (Å²) in [6.07, 6.45) is -3.47. The Morgan fingerprint density at radius 3 is 2.51 bits per heavy atom. The third-order valence-electron chi connectivity index (χ3n) is 4.83. The van der Waals surface area contributed by atoms with Crippen molar-refractivity contribution in [2.45, 2.75) is 19.1 Å². The van der Waals surface area contributed by atoms with Crippen molar-refractivity contribution in [1.29, 1.82) is 0 Å². The van der Waals surface area contributed by atoms with Crippen LogP contribution < -0.4 is 25.6 Å². The second kappa shape index (κ2) is 12.7. The molecule has 1 aromatic heterocycles. The smallest absolute Gasteiger partial charge is 0.387 e. The molecule has 0 aliphatic carbocycles. The first-order valence-electron chi connectivity index (χ1n) is 10.4. The Balaban J connectivity index is 1.79. The minimum Gasteiger partial charge on any atom is -0.433 e. The number of anilines is 2. The van der Waals surface area contributed by atoms with E-state index in [9.17, 15) is 36.7 Å². The van der Waals surface area contributed by atoms with E-state index in [0.29, 0.717) is 4.34 Å². The van der Waals surface area contributed by atoms with Gasteiger partial charge in [-0.05, 0) is 24.3 Å². The number of hydrogen-bond donors (Lipinski definition) is 3. The summed E-state index contributed by atoms with van der Waals surface area (Å²) in [7, 11) is 0. The number of thiophene rings is 1. The monoisotopic (exact) mass is 566 g/mol. The molecule has 1 aliphatic heterocycles. The molecule has 2 aromatic rings. The van der Waals surface area contributed by atoms with Crippen LogP contribution in [0.25, 0.3) is 0 Å². The molecule has 37 heavy (non-hydrogen) atoms. The Labute approximate surface area is 215 Å². The molecule has 1 aliphatic rings. The van der Waals surface area contributed by atoms with Crippen LogP contribution in [0.4, 0.5) is 28.9 Å². The predicted octanol–water partition coefficient (Wildman–Crippen LogP) is 2.48. The zero-order chi connectivity index (χ0) is 27.1. The highest BCUT2D eigenvalue weighted by Gasteiger charge is 2.28. The number of nitrogens with zero attached hydrogens (tertiary/aromatic N) is 1. The molecular formula is C21H19ClF4N4O6S. The summed E-state index contributed by atoms with van der Waals surface area (Å²) >= 11 is 6.69. The van der Waals surface area contributed by atoms with Gasteiger partial charge in [0, 0.05) is 24.8 Å². The third-order valence-corrected chi connectivity index (χ3v) is 6.06. The Kier molecular flexibility index (Phi) is 9.66. The molecule has 10 nitrogen and oxygen atoms in total. The molecular weight excluding hydrogens is 548 g/mol. The second-order valence-electron chi connectivity index (χ2n) is 7.32. The number of halogens is 5. The van der Waals surface area contributed by atoms with Crippen molar-refractivity contribution in [2.24, 2.45) is 0 Å². The van der Waals surface area contributed by atoms with E-state index in [1.807, 2.05) is 0 Å². The molecule has 0 spiro atoms. The fourth-order valence-corrected chi connectivity index (χ4v) is 4.11. The van der Waals surface area contributed by atoms with Crippen LogP contribution >= 0.6 is 22.9 Å². The quantitative estimate of drug-likeness (QED) is 0.380. The van der Waals surface area contributed by atoms with Crippen LogP contribution in [0.3, 0.4) is 0 Å². The summed E-state index contributed by atoms with van der Waals surface area (Å²) in [6.45, 7) is -3.78. The van der Waals surface area contributed by atoms with E-state index in [4.69, 9.17) is 16.3 Å². The second-order valence-corrected chi connectivity index (χ2v) is 9.04. The molecule has 0 bridgehead atoms. The lowest BCUT2D eigenvalue weighted by Gasteiger charge is -2.27. The van der Waals surface area contributed by atoms with Gasteiger partial charge >= 0.3 is 13.0 Å². The third kappa shape index (κ3) is 7.77. The van der Waals surface area contributed by atoms with E-state index in [0.717, 1.165) is 23.5 Å². The molecule has 0 unspecified atom stereocenters. The molecule has 200 valence electrons. The Hall–Kier alpha value is -3.43. The normalized spacial score (nSPS) is 14.5. The first kappa shape index (κ1) is 28.1. The number of morpholine rings is 1. The molecule has 3 N–H and O–H groups in total. The van der Waals surface area contributed by atoms with Gasteiger partial charge in [0.1, 0.15) is 12.6 Å². The Morgan fingerprint density at radius 1 is 1.14 bits per heavy atom. The number of nitrogens with one attached hydrogen (secondary N) is 3. The van der Waals surface area contributed by atoms with Crippen molar-refractivity contribution in [3.63, 3.8) is 0 Å². The zero-order valence-electron chi connectivity index (χ0n) is 18.6.